The first-order valence-corrected chi connectivity index (χ1v) is 7.64. The summed E-state index contributed by atoms with van der Waals surface area (Å²) >= 11 is 0. The summed E-state index contributed by atoms with van der Waals surface area (Å²) in [4.78, 5) is 7.97. The summed E-state index contributed by atoms with van der Waals surface area (Å²) in [7, 11) is 0. The highest BCUT2D eigenvalue weighted by Gasteiger charge is 2.25. The van der Waals surface area contributed by atoms with Gasteiger partial charge in [-0.25, -0.2) is 4.98 Å². The molecular weight excluding hydrogens is 288 g/mol. The van der Waals surface area contributed by atoms with Gasteiger partial charge in [-0.2, -0.15) is 5.26 Å². The Morgan fingerprint density at radius 3 is 2.61 bits per heavy atom. The number of aliphatic hydroxyl groups is 1. The van der Waals surface area contributed by atoms with E-state index in [0.29, 0.717) is 18.5 Å². The van der Waals surface area contributed by atoms with Gasteiger partial charge in [-0.3, -0.25) is 0 Å². The van der Waals surface area contributed by atoms with E-state index in [0.717, 1.165) is 28.0 Å². The van der Waals surface area contributed by atoms with Gasteiger partial charge in [-0.05, 0) is 41.8 Å². The number of H-pyrrole nitrogens is 1. The number of β-amino-alcohol motifs (C(OH)–C–C–N with tert-alkyl or cyclic N) is 1. The molecule has 5 heteroatoms. The zero-order valence-electron chi connectivity index (χ0n) is 12.5. The van der Waals surface area contributed by atoms with E-state index in [4.69, 9.17) is 5.26 Å². The molecule has 1 aliphatic rings. The summed E-state index contributed by atoms with van der Waals surface area (Å²) in [6.07, 6.45) is 0.380. The van der Waals surface area contributed by atoms with E-state index in [9.17, 15) is 5.11 Å². The molecule has 0 unspecified atom stereocenters. The standard InChI is InChI=1S/C18H16N4O/c19-9-11-1-3-12(4-2-11)13-5-6-15-16(7-13)22-18(21-15)17-8-14(23)10-20-17/h1-7,14,17,20,23H,8,10H2,(H,21,22)/t14-,17+/m1/s1. The van der Waals surface area contributed by atoms with Crippen molar-refractivity contribution in [3.05, 3.63) is 53.9 Å². The van der Waals surface area contributed by atoms with Gasteiger partial charge < -0.3 is 15.4 Å². The van der Waals surface area contributed by atoms with Crippen molar-refractivity contribution in [1.29, 1.82) is 5.26 Å². The van der Waals surface area contributed by atoms with Crippen molar-refractivity contribution in [3.63, 3.8) is 0 Å². The molecule has 2 atom stereocenters. The fourth-order valence-corrected chi connectivity index (χ4v) is 3.04. The molecule has 2 heterocycles. The lowest BCUT2D eigenvalue weighted by atomic mass is 10.0. The highest BCUT2D eigenvalue weighted by molar-refractivity contribution is 5.82. The summed E-state index contributed by atoms with van der Waals surface area (Å²) in [6.45, 7) is 0.609. The van der Waals surface area contributed by atoms with E-state index < -0.39 is 0 Å². The molecule has 1 saturated heterocycles. The van der Waals surface area contributed by atoms with Gasteiger partial charge in [-0.15, -0.1) is 0 Å². The number of nitrogens with one attached hydrogen (secondary N) is 2. The quantitative estimate of drug-likeness (QED) is 0.679. The van der Waals surface area contributed by atoms with Crippen LogP contribution in [-0.4, -0.2) is 27.7 Å². The minimum absolute atomic E-state index is 0.0794. The van der Waals surface area contributed by atoms with Crippen LogP contribution in [0.4, 0.5) is 0 Å². The molecule has 0 aliphatic carbocycles. The largest absolute Gasteiger partial charge is 0.392 e. The molecule has 1 fully saturated rings. The second kappa shape index (κ2) is 5.51. The maximum absolute atomic E-state index is 9.64. The van der Waals surface area contributed by atoms with Gasteiger partial charge in [0.2, 0.25) is 0 Å². The highest BCUT2D eigenvalue weighted by atomic mass is 16.3. The van der Waals surface area contributed by atoms with Crippen LogP contribution in [0, 0.1) is 11.3 Å². The molecule has 0 bridgehead atoms. The summed E-state index contributed by atoms with van der Waals surface area (Å²) in [5, 5.41) is 21.8. The first-order valence-electron chi connectivity index (χ1n) is 7.64. The fourth-order valence-electron chi connectivity index (χ4n) is 3.04. The number of hydrogen-bond donors (Lipinski definition) is 3. The van der Waals surface area contributed by atoms with Crippen LogP contribution in [0.25, 0.3) is 22.2 Å². The topological polar surface area (TPSA) is 84.7 Å². The van der Waals surface area contributed by atoms with Crippen molar-refractivity contribution in [3.8, 4) is 17.2 Å². The number of imidazole rings is 1. The van der Waals surface area contributed by atoms with E-state index in [2.05, 4.69) is 27.4 Å². The van der Waals surface area contributed by atoms with Gasteiger partial charge in [0.25, 0.3) is 0 Å². The molecule has 1 aliphatic heterocycles. The third-order valence-corrected chi connectivity index (χ3v) is 4.29. The van der Waals surface area contributed by atoms with Crippen LogP contribution in [0.15, 0.2) is 42.5 Å². The van der Waals surface area contributed by atoms with Crippen molar-refractivity contribution < 1.29 is 5.11 Å². The molecule has 3 aromatic rings. The number of benzene rings is 2. The lowest BCUT2D eigenvalue weighted by Gasteiger charge is -2.04. The molecule has 0 spiro atoms. The molecule has 5 nitrogen and oxygen atoms in total. The average Bonchev–Trinajstić information content (AvgIpc) is 3.20. The van der Waals surface area contributed by atoms with E-state index in [1.807, 2.05) is 36.4 Å². The van der Waals surface area contributed by atoms with Crippen LogP contribution >= 0.6 is 0 Å². The number of aliphatic hydroxyl groups excluding tert-OH is 1. The van der Waals surface area contributed by atoms with Gasteiger partial charge >= 0.3 is 0 Å². The van der Waals surface area contributed by atoms with E-state index in [1.165, 1.54) is 0 Å². The van der Waals surface area contributed by atoms with Crippen molar-refractivity contribution in [2.45, 2.75) is 18.6 Å². The van der Waals surface area contributed by atoms with Crippen LogP contribution in [-0.2, 0) is 0 Å². The zero-order chi connectivity index (χ0) is 15.8. The smallest absolute Gasteiger partial charge is 0.124 e. The molecule has 0 saturated carbocycles. The van der Waals surface area contributed by atoms with Crippen LogP contribution in [0.5, 0.6) is 0 Å². The average molecular weight is 304 g/mol. The highest BCUT2D eigenvalue weighted by Crippen LogP contribution is 2.27. The van der Waals surface area contributed by atoms with Crippen molar-refractivity contribution >= 4 is 11.0 Å². The Balaban J connectivity index is 1.68. The van der Waals surface area contributed by atoms with Gasteiger partial charge in [-0.1, -0.05) is 18.2 Å². The molecule has 114 valence electrons. The molecular formula is C18H16N4O. The van der Waals surface area contributed by atoms with Crippen LogP contribution in [0.2, 0.25) is 0 Å². The lowest BCUT2D eigenvalue weighted by Crippen LogP contribution is -2.15. The minimum atomic E-state index is -0.303. The third kappa shape index (κ3) is 2.59. The Hall–Kier alpha value is -2.68. The Labute approximate surface area is 133 Å². The molecule has 3 N–H and O–H groups in total. The van der Waals surface area contributed by atoms with Crippen LogP contribution < -0.4 is 5.32 Å². The summed E-state index contributed by atoms with van der Waals surface area (Å²) in [5.74, 6) is 0.869. The first kappa shape index (κ1) is 13.9. The maximum atomic E-state index is 9.64. The fraction of sp³-hybridized carbons (Fsp3) is 0.222. The van der Waals surface area contributed by atoms with E-state index >= 15 is 0 Å². The first-order chi connectivity index (χ1) is 11.2. The van der Waals surface area contributed by atoms with Gasteiger partial charge in [0, 0.05) is 6.54 Å². The maximum Gasteiger partial charge on any atom is 0.124 e. The van der Waals surface area contributed by atoms with Crippen LogP contribution in [0.1, 0.15) is 23.9 Å². The molecule has 0 amide bonds. The van der Waals surface area contributed by atoms with E-state index in [-0.39, 0.29) is 12.1 Å². The molecule has 1 aromatic heterocycles. The number of aromatic nitrogens is 2. The Morgan fingerprint density at radius 1 is 1.13 bits per heavy atom. The minimum Gasteiger partial charge on any atom is -0.392 e. The number of nitrogens with zero attached hydrogens (tertiary/aromatic N) is 2. The van der Waals surface area contributed by atoms with Gasteiger partial charge in [0.1, 0.15) is 5.82 Å². The third-order valence-electron chi connectivity index (χ3n) is 4.29. The number of aromatic amines is 1. The molecule has 23 heavy (non-hydrogen) atoms. The number of nitriles is 1. The van der Waals surface area contributed by atoms with Crippen molar-refractivity contribution in [2.75, 3.05) is 6.54 Å². The monoisotopic (exact) mass is 304 g/mol. The Kier molecular flexibility index (Phi) is 3.34. The van der Waals surface area contributed by atoms with Gasteiger partial charge in [0.05, 0.1) is 34.8 Å². The van der Waals surface area contributed by atoms with Gasteiger partial charge in [0.15, 0.2) is 0 Å². The van der Waals surface area contributed by atoms with Crippen molar-refractivity contribution in [2.24, 2.45) is 0 Å². The van der Waals surface area contributed by atoms with Crippen molar-refractivity contribution in [1.82, 2.24) is 15.3 Å². The zero-order valence-corrected chi connectivity index (χ0v) is 12.5. The SMILES string of the molecule is N#Cc1ccc(-c2ccc3nc([C@@H]4C[C@@H](O)CN4)[nH]c3c2)cc1. The Bertz CT molecular complexity index is 892. The summed E-state index contributed by atoms with van der Waals surface area (Å²) < 4.78 is 0. The molecule has 2 aromatic carbocycles. The van der Waals surface area contributed by atoms with Crippen LogP contribution in [0.3, 0.4) is 0 Å². The second-order valence-electron chi connectivity index (χ2n) is 5.89. The number of fused-ring (bicyclic) bond motifs is 1. The molecule has 4 rings (SSSR count). The number of hydrogen-bond acceptors (Lipinski definition) is 4. The second-order valence-corrected chi connectivity index (χ2v) is 5.89. The van der Waals surface area contributed by atoms with E-state index in [1.54, 1.807) is 0 Å². The summed E-state index contributed by atoms with van der Waals surface area (Å²) in [6, 6.07) is 15.8. The summed E-state index contributed by atoms with van der Waals surface area (Å²) in [5.41, 5.74) is 4.70. The molecule has 0 radical (unpaired) electrons. The Morgan fingerprint density at radius 2 is 1.91 bits per heavy atom. The number of rotatable bonds is 2. The normalized spacial score (nSPS) is 20.7. The predicted molar refractivity (Wildman–Crippen MR) is 87.6 cm³/mol. The lowest BCUT2D eigenvalue weighted by molar-refractivity contribution is 0.193. The predicted octanol–water partition coefficient (Wildman–Crippen LogP) is 2.50.